The zero-order valence-corrected chi connectivity index (χ0v) is 13.8. The number of hydrogen-bond donors (Lipinski definition) is 0. The molecule has 1 aromatic rings. The van der Waals surface area contributed by atoms with Crippen molar-refractivity contribution in [3.63, 3.8) is 0 Å². The molecule has 22 heavy (non-hydrogen) atoms. The second-order valence-electron chi connectivity index (χ2n) is 5.62. The highest BCUT2D eigenvalue weighted by molar-refractivity contribution is 5.87. The molecule has 0 aliphatic heterocycles. The molecule has 1 unspecified atom stereocenters. The quantitative estimate of drug-likeness (QED) is 0.368. The van der Waals surface area contributed by atoms with E-state index in [0.29, 0.717) is 0 Å². The molecule has 118 valence electrons. The minimum absolute atomic E-state index is 0.345. The summed E-state index contributed by atoms with van der Waals surface area (Å²) < 4.78 is 5.55. The first-order chi connectivity index (χ1) is 10.5. The van der Waals surface area contributed by atoms with Crippen LogP contribution < -0.4 is 0 Å². The molecule has 0 heterocycles. The molecule has 0 amide bonds. The fraction of sp³-hybridized carbons (Fsp3) is 0.350. The number of carbonyl (C=O) groups excluding carboxylic acids is 1. The Labute approximate surface area is 134 Å². The van der Waals surface area contributed by atoms with Crippen LogP contribution >= 0.6 is 0 Å². The Bertz CT molecular complexity index is 540. The van der Waals surface area contributed by atoms with Gasteiger partial charge in [0.05, 0.1) is 0 Å². The van der Waals surface area contributed by atoms with Gasteiger partial charge >= 0.3 is 5.97 Å². The van der Waals surface area contributed by atoms with E-state index in [9.17, 15) is 4.79 Å². The summed E-state index contributed by atoms with van der Waals surface area (Å²) in [4.78, 5) is 12.0. The number of hydrogen-bond acceptors (Lipinski definition) is 2. The van der Waals surface area contributed by atoms with Crippen molar-refractivity contribution < 1.29 is 9.53 Å². The van der Waals surface area contributed by atoms with Crippen LogP contribution in [0.3, 0.4) is 0 Å². The van der Waals surface area contributed by atoms with Crippen molar-refractivity contribution >= 4 is 12.0 Å². The summed E-state index contributed by atoms with van der Waals surface area (Å²) in [5.41, 5.74) is 1.69. The third-order valence-corrected chi connectivity index (χ3v) is 3.67. The maximum atomic E-state index is 12.0. The van der Waals surface area contributed by atoms with Gasteiger partial charge in [0.25, 0.3) is 0 Å². The van der Waals surface area contributed by atoms with E-state index in [0.717, 1.165) is 24.8 Å². The van der Waals surface area contributed by atoms with Crippen LogP contribution in [0.1, 0.15) is 45.6 Å². The number of ether oxygens (including phenoxy) is 1. The molecule has 0 radical (unpaired) electrons. The van der Waals surface area contributed by atoms with Gasteiger partial charge in [-0.05, 0) is 50.8 Å². The van der Waals surface area contributed by atoms with Crippen LogP contribution in [0.25, 0.3) is 6.08 Å². The lowest BCUT2D eigenvalue weighted by molar-refractivity contribution is -0.147. The van der Waals surface area contributed by atoms with Crippen LogP contribution in [0.4, 0.5) is 0 Å². The molecule has 2 heteroatoms. The number of rotatable bonds is 8. The normalized spacial score (nSPS) is 14.6. The molecule has 0 bridgehead atoms. The molecule has 0 aliphatic carbocycles. The number of esters is 1. The lowest BCUT2D eigenvalue weighted by Crippen LogP contribution is -2.28. The van der Waals surface area contributed by atoms with E-state index in [2.05, 4.69) is 26.5 Å². The molecule has 0 spiro atoms. The molecule has 0 aliphatic rings. The van der Waals surface area contributed by atoms with E-state index < -0.39 is 5.60 Å². The Balaban J connectivity index is 2.58. The topological polar surface area (TPSA) is 26.3 Å². The largest absolute Gasteiger partial charge is 0.452 e. The van der Waals surface area contributed by atoms with E-state index in [1.54, 1.807) is 12.2 Å². The molecule has 0 saturated carbocycles. The van der Waals surface area contributed by atoms with Crippen molar-refractivity contribution in [2.75, 3.05) is 0 Å². The summed E-state index contributed by atoms with van der Waals surface area (Å²) in [5.74, 6) is -0.345. The van der Waals surface area contributed by atoms with Gasteiger partial charge in [0.15, 0.2) is 0 Å². The standard InChI is InChI=1S/C20H26O2/c1-5-17(3)11-10-16-20(4,6-2)22-19(21)15-14-18-12-8-7-9-13-18/h6-9,11-15H,2,5,10,16H2,1,3-4H3/b15-14?,17-11-. The first-order valence-corrected chi connectivity index (χ1v) is 7.74. The lowest BCUT2D eigenvalue weighted by Gasteiger charge is -2.25. The molecule has 1 rings (SSSR count). The van der Waals surface area contributed by atoms with Gasteiger partial charge in [-0.1, -0.05) is 55.5 Å². The predicted octanol–water partition coefficient (Wildman–Crippen LogP) is 5.32. The molecule has 0 saturated heterocycles. The van der Waals surface area contributed by atoms with Gasteiger partial charge in [-0.15, -0.1) is 0 Å². The van der Waals surface area contributed by atoms with E-state index in [4.69, 9.17) is 4.74 Å². The maximum absolute atomic E-state index is 12.0. The monoisotopic (exact) mass is 298 g/mol. The fourth-order valence-corrected chi connectivity index (χ4v) is 1.94. The third kappa shape index (κ3) is 6.57. The van der Waals surface area contributed by atoms with Crippen LogP contribution in [-0.4, -0.2) is 11.6 Å². The highest BCUT2D eigenvalue weighted by atomic mass is 16.6. The van der Waals surface area contributed by atoms with E-state index >= 15 is 0 Å². The zero-order valence-electron chi connectivity index (χ0n) is 13.8. The summed E-state index contributed by atoms with van der Waals surface area (Å²) in [6.07, 6.45) is 9.77. The van der Waals surface area contributed by atoms with Crippen LogP contribution in [0, 0.1) is 0 Å². The lowest BCUT2D eigenvalue weighted by atomic mass is 9.99. The average molecular weight is 298 g/mol. The predicted molar refractivity (Wildman–Crippen MR) is 93.5 cm³/mol. The van der Waals surface area contributed by atoms with Crippen LogP contribution in [0.15, 0.2) is 60.7 Å². The highest BCUT2D eigenvalue weighted by Gasteiger charge is 2.23. The SMILES string of the molecule is C=CC(C)(CC/C=C(/C)CC)OC(=O)C=Cc1ccccc1. The summed E-state index contributed by atoms with van der Waals surface area (Å²) in [6.45, 7) is 9.94. The summed E-state index contributed by atoms with van der Waals surface area (Å²) in [5, 5.41) is 0. The number of benzene rings is 1. The maximum Gasteiger partial charge on any atom is 0.331 e. The van der Waals surface area contributed by atoms with Gasteiger partial charge in [0, 0.05) is 6.08 Å². The molecule has 0 fully saturated rings. The van der Waals surface area contributed by atoms with Gasteiger partial charge in [-0.2, -0.15) is 0 Å². The van der Waals surface area contributed by atoms with Crippen molar-refractivity contribution in [3.05, 3.63) is 66.3 Å². The zero-order chi connectivity index (χ0) is 16.4. The average Bonchev–Trinajstić information content (AvgIpc) is 2.53. The van der Waals surface area contributed by atoms with Crippen molar-refractivity contribution in [3.8, 4) is 0 Å². The van der Waals surface area contributed by atoms with E-state index in [-0.39, 0.29) is 5.97 Å². The fourth-order valence-electron chi connectivity index (χ4n) is 1.94. The number of allylic oxidation sites excluding steroid dienone is 2. The molecule has 0 aromatic heterocycles. The van der Waals surface area contributed by atoms with Crippen LogP contribution in [0.5, 0.6) is 0 Å². The summed E-state index contributed by atoms with van der Waals surface area (Å²) >= 11 is 0. The molecular weight excluding hydrogens is 272 g/mol. The first kappa shape index (κ1) is 18.0. The Morgan fingerprint density at radius 3 is 2.59 bits per heavy atom. The second-order valence-corrected chi connectivity index (χ2v) is 5.62. The summed E-state index contributed by atoms with van der Waals surface area (Å²) in [6, 6.07) is 9.68. The van der Waals surface area contributed by atoms with Crippen molar-refractivity contribution in [1.29, 1.82) is 0 Å². The van der Waals surface area contributed by atoms with Gasteiger partial charge in [0.1, 0.15) is 5.60 Å². The van der Waals surface area contributed by atoms with Crippen molar-refractivity contribution in [1.82, 2.24) is 0 Å². The highest BCUT2D eigenvalue weighted by Crippen LogP contribution is 2.21. The second kappa shape index (κ2) is 9.04. The van der Waals surface area contributed by atoms with Crippen LogP contribution in [-0.2, 0) is 9.53 Å². The van der Waals surface area contributed by atoms with Gasteiger partial charge in [0.2, 0.25) is 0 Å². The molecular formula is C20H26O2. The van der Waals surface area contributed by atoms with Gasteiger partial charge in [-0.3, -0.25) is 0 Å². The van der Waals surface area contributed by atoms with Crippen LogP contribution in [0.2, 0.25) is 0 Å². The molecule has 2 nitrogen and oxygen atoms in total. The minimum atomic E-state index is -0.636. The minimum Gasteiger partial charge on any atom is -0.452 e. The Hall–Kier alpha value is -2.09. The van der Waals surface area contributed by atoms with E-state index in [1.165, 1.54) is 11.6 Å². The van der Waals surface area contributed by atoms with Crippen molar-refractivity contribution in [2.45, 2.75) is 45.6 Å². The molecule has 1 atom stereocenters. The molecule has 1 aromatic carbocycles. The van der Waals surface area contributed by atoms with Crippen molar-refractivity contribution in [2.24, 2.45) is 0 Å². The van der Waals surface area contributed by atoms with Gasteiger partial charge < -0.3 is 4.74 Å². The van der Waals surface area contributed by atoms with E-state index in [1.807, 2.05) is 37.3 Å². The smallest absolute Gasteiger partial charge is 0.331 e. The first-order valence-electron chi connectivity index (χ1n) is 7.74. The Kier molecular flexibility index (Phi) is 7.38. The Morgan fingerprint density at radius 1 is 1.32 bits per heavy atom. The third-order valence-electron chi connectivity index (χ3n) is 3.67. The Morgan fingerprint density at radius 2 is 2.00 bits per heavy atom. The number of carbonyl (C=O) groups is 1. The molecule has 0 N–H and O–H groups in total. The van der Waals surface area contributed by atoms with Gasteiger partial charge in [-0.25, -0.2) is 4.79 Å². The summed E-state index contributed by atoms with van der Waals surface area (Å²) in [7, 11) is 0.